The monoisotopic (exact) mass is 904 g/mol. The Bertz CT molecular complexity index is 2170. The first-order valence-electron chi connectivity index (χ1n) is 15.9. The minimum absolute atomic E-state index is 0.0827. The van der Waals surface area contributed by atoms with Crippen molar-refractivity contribution in [1.29, 1.82) is 0 Å². The van der Waals surface area contributed by atoms with Crippen LogP contribution in [0, 0.1) is 6.92 Å². The minimum atomic E-state index is -4.62. The maximum atomic E-state index is 12.8. The number of carbonyl (C=O) groups excluding carboxylic acids is 4. The predicted octanol–water partition coefficient (Wildman–Crippen LogP) is 11.8. The summed E-state index contributed by atoms with van der Waals surface area (Å²) in [7, 11) is 0. The Morgan fingerprint density at radius 2 is 1.19 bits per heavy atom. The molecule has 300 valence electrons. The lowest BCUT2D eigenvalue weighted by Crippen LogP contribution is -2.27. The van der Waals surface area contributed by atoms with Crippen molar-refractivity contribution in [2.75, 3.05) is 0 Å². The molecule has 19 heteroatoms. The van der Waals surface area contributed by atoms with Crippen LogP contribution in [0.2, 0.25) is 0 Å². The summed E-state index contributed by atoms with van der Waals surface area (Å²) in [5, 5.41) is 1.67. The topological polar surface area (TPSA) is 92.8 Å². The number of amides is 4. The fourth-order valence-corrected chi connectivity index (χ4v) is 6.52. The molecule has 2 aliphatic rings. The molecule has 1 N–H and O–H groups in total. The average molecular weight is 906 g/mol. The third-order valence-corrected chi connectivity index (χ3v) is 9.68. The van der Waals surface area contributed by atoms with Crippen molar-refractivity contribution in [3.8, 4) is 5.75 Å². The van der Waals surface area contributed by atoms with E-state index >= 15 is 0 Å². The van der Waals surface area contributed by atoms with E-state index in [0.29, 0.717) is 17.1 Å². The third-order valence-electron chi connectivity index (χ3n) is 7.31. The number of rotatable bonds is 6. The van der Waals surface area contributed by atoms with Crippen molar-refractivity contribution in [2.24, 2.45) is 0 Å². The van der Waals surface area contributed by atoms with Crippen LogP contribution in [-0.4, -0.2) is 33.6 Å². The van der Waals surface area contributed by atoms with E-state index in [-0.39, 0.29) is 33.2 Å². The summed E-state index contributed by atoms with van der Waals surface area (Å²) in [6, 6.07) is 22.3. The zero-order valence-corrected chi connectivity index (χ0v) is 32.1. The molecule has 4 amide bonds. The minimum Gasteiger partial charge on any atom is -0.406 e. The van der Waals surface area contributed by atoms with E-state index < -0.39 is 52.1 Å². The molecule has 2 heterocycles. The molecule has 2 aliphatic heterocycles. The quantitative estimate of drug-likeness (QED) is 0.117. The molecule has 4 aromatic rings. The molecule has 57 heavy (non-hydrogen) atoms. The highest BCUT2D eigenvalue weighted by Crippen LogP contribution is 2.35. The summed E-state index contributed by atoms with van der Waals surface area (Å²) < 4.78 is 115. The van der Waals surface area contributed by atoms with E-state index in [2.05, 4.69) is 20.7 Å². The van der Waals surface area contributed by atoms with Gasteiger partial charge in [0, 0.05) is 5.33 Å². The number of alkyl halides is 10. The van der Waals surface area contributed by atoms with Gasteiger partial charge in [-0.3, -0.25) is 29.4 Å². The van der Waals surface area contributed by atoms with Gasteiger partial charge in [0.05, 0.1) is 27.5 Å². The number of aryl methyl sites for hydroxylation is 1. The Morgan fingerprint density at radius 1 is 0.684 bits per heavy atom. The van der Waals surface area contributed by atoms with Crippen molar-refractivity contribution in [1.82, 2.24) is 10.2 Å². The summed E-state index contributed by atoms with van der Waals surface area (Å²) in [6.45, 7) is 2.06. The van der Waals surface area contributed by atoms with Gasteiger partial charge in [-0.1, -0.05) is 82.2 Å². The zero-order chi connectivity index (χ0) is 42.1. The maximum absolute atomic E-state index is 12.8. The molecule has 7 nitrogen and oxygen atoms in total. The predicted molar refractivity (Wildman–Crippen MR) is 200 cm³/mol. The fourth-order valence-electron chi connectivity index (χ4n) is 4.63. The zero-order valence-electron chi connectivity index (χ0n) is 28.9. The van der Waals surface area contributed by atoms with Crippen molar-refractivity contribution in [3.63, 3.8) is 0 Å². The lowest BCUT2D eigenvalue weighted by Gasteiger charge is -2.12. The van der Waals surface area contributed by atoms with Crippen LogP contribution in [0.4, 0.5) is 49.1 Å². The van der Waals surface area contributed by atoms with E-state index in [1.807, 2.05) is 36.5 Å². The first kappa shape index (κ1) is 44.7. The smallest absolute Gasteiger partial charge is 0.406 e. The number of ether oxygens (including phenoxy) is 1. The Morgan fingerprint density at radius 3 is 1.65 bits per heavy atom. The van der Waals surface area contributed by atoms with Crippen LogP contribution in [0.1, 0.15) is 38.9 Å². The molecule has 0 radical (unpaired) electrons. The second-order valence-corrected chi connectivity index (χ2v) is 14.2. The van der Waals surface area contributed by atoms with Crippen LogP contribution >= 0.6 is 39.5 Å². The first-order chi connectivity index (χ1) is 26.6. The van der Waals surface area contributed by atoms with Gasteiger partial charge in [-0.05, 0) is 101 Å². The summed E-state index contributed by atoms with van der Waals surface area (Å²) in [4.78, 5) is 48.0. The van der Waals surface area contributed by atoms with Crippen LogP contribution < -0.4 is 10.1 Å². The van der Waals surface area contributed by atoms with E-state index in [4.69, 9.17) is 0 Å². The molecular weight excluding hydrogens is 879 g/mol. The van der Waals surface area contributed by atoms with Gasteiger partial charge < -0.3 is 4.74 Å². The fraction of sp³-hybridized carbons (Fsp3) is 0.158. The Kier molecular flexibility index (Phi) is 14.9. The molecule has 2 saturated heterocycles. The third kappa shape index (κ3) is 13.9. The molecule has 0 saturated carbocycles. The molecule has 0 unspecified atom stereocenters. The molecule has 0 spiro atoms. The second kappa shape index (κ2) is 19.0. The number of carbonyl (C=O) groups is 4. The van der Waals surface area contributed by atoms with Crippen molar-refractivity contribution in [2.45, 2.75) is 37.5 Å². The first-order valence-corrected chi connectivity index (χ1v) is 18.7. The van der Waals surface area contributed by atoms with Gasteiger partial charge in [-0.15, -0.1) is 13.2 Å². The number of hydrogen-bond acceptors (Lipinski definition) is 7. The van der Waals surface area contributed by atoms with Crippen molar-refractivity contribution < 1.29 is 63.4 Å². The highest BCUT2D eigenvalue weighted by Gasteiger charge is 2.36. The summed E-state index contributed by atoms with van der Waals surface area (Å²) in [5.74, 6) is -1.29. The normalized spacial score (nSPS) is 15.9. The van der Waals surface area contributed by atoms with E-state index in [1.165, 1.54) is 48.6 Å². The largest absolute Gasteiger partial charge is 0.573 e. The van der Waals surface area contributed by atoms with Crippen LogP contribution in [-0.2, 0) is 33.8 Å². The number of hydrogen-bond donors (Lipinski definition) is 1. The van der Waals surface area contributed by atoms with Crippen LogP contribution in [0.25, 0.3) is 12.2 Å². The molecule has 0 bridgehead atoms. The molecular formula is C38H26BrF9N2O5S2. The van der Waals surface area contributed by atoms with Crippen LogP contribution in [0.3, 0.4) is 0 Å². The lowest BCUT2D eigenvalue weighted by molar-refractivity contribution is -0.274. The Labute approximate surface area is 335 Å². The number of nitrogens with zero attached hydrogens (tertiary/aromatic N) is 1. The number of imide groups is 2. The van der Waals surface area contributed by atoms with Gasteiger partial charge >= 0.3 is 18.7 Å². The number of halogens is 10. The van der Waals surface area contributed by atoms with Gasteiger partial charge in [0.1, 0.15) is 5.75 Å². The number of thioether (sulfide) groups is 2. The molecule has 0 aromatic heterocycles. The van der Waals surface area contributed by atoms with Gasteiger partial charge in [0.15, 0.2) is 0 Å². The van der Waals surface area contributed by atoms with E-state index in [0.717, 1.165) is 57.6 Å². The summed E-state index contributed by atoms with van der Waals surface area (Å²) in [5.41, 5.74) is 1.61. The molecule has 0 aliphatic carbocycles. The van der Waals surface area contributed by atoms with E-state index in [9.17, 15) is 58.7 Å². The number of benzene rings is 4. The second-order valence-electron chi connectivity index (χ2n) is 11.7. The summed E-state index contributed by atoms with van der Waals surface area (Å²) in [6.07, 6.45) is -10.9. The van der Waals surface area contributed by atoms with Crippen molar-refractivity contribution >= 4 is 73.9 Å². The van der Waals surface area contributed by atoms with E-state index in [1.54, 1.807) is 12.1 Å². The molecule has 4 aromatic carbocycles. The van der Waals surface area contributed by atoms with Gasteiger partial charge in [-0.2, -0.15) is 26.3 Å². The highest BCUT2D eigenvalue weighted by atomic mass is 79.9. The molecule has 6 rings (SSSR count). The Balaban J connectivity index is 0.000000202. The van der Waals surface area contributed by atoms with Gasteiger partial charge in [-0.25, -0.2) is 0 Å². The molecule has 2 fully saturated rings. The highest BCUT2D eigenvalue weighted by molar-refractivity contribution is 9.08. The standard InChI is InChI=1S/C19H14F3NO2S.C11H6F3NO2S.C8H6BrF3O/c1-12-5-7-13(8-6-12)11-23-17(24)16(26-18(23)25)10-14-3-2-4-15(9-14)19(20,21)22;12-11(13,14)7-3-1-2-6(4-7)5-8-9(16)15-10(17)18-8;9-5-6-1-3-7(4-2-6)13-8(10,11)12/h2-10H,11H2,1H3;1-5H,(H,15,16,17);1-4H,5H2/b16-10-;8-5-;. The van der Waals surface area contributed by atoms with Gasteiger partial charge in [0.25, 0.3) is 22.3 Å². The average Bonchev–Trinajstić information content (AvgIpc) is 3.59. The number of nitrogens with one attached hydrogen (secondary N) is 1. The van der Waals surface area contributed by atoms with Crippen LogP contribution in [0.5, 0.6) is 5.75 Å². The Hall–Kier alpha value is -5.01. The van der Waals surface area contributed by atoms with Crippen molar-refractivity contribution in [3.05, 3.63) is 146 Å². The SMILES string of the molecule is Cc1ccc(CN2C(=O)S/C(=C\c3cccc(C(F)(F)F)c3)C2=O)cc1.FC(F)(F)Oc1ccc(CBr)cc1.O=C1NC(=O)/C(=C/c2cccc(C(F)(F)F)c2)S1. The maximum Gasteiger partial charge on any atom is 0.573 e. The summed E-state index contributed by atoms with van der Waals surface area (Å²) >= 11 is 4.57. The van der Waals surface area contributed by atoms with Crippen LogP contribution in [0.15, 0.2) is 107 Å². The molecule has 0 atom stereocenters. The lowest BCUT2D eigenvalue weighted by atomic mass is 10.1. The van der Waals surface area contributed by atoms with Gasteiger partial charge in [0.2, 0.25) is 0 Å².